The summed E-state index contributed by atoms with van der Waals surface area (Å²) in [5.41, 5.74) is -1.08. The van der Waals surface area contributed by atoms with Crippen LogP contribution in [0.25, 0.3) is 11.0 Å². The van der Waals surface area contributed by atoms with Crippen LogP contribution in [0.4, 0.5) is 14.5 Å². The zero-order valence-electron chi connectivity index (χ0n) is 14.3. The van der Waals surface area contributed by atoms with Crippen molar-refractivity contribution in [3.05, 3.63) is 75.1 Å². The molecule has 0 aliphatic rings. The van der Waals surface area contributed by atoms with Crippen LogP contribution < -0.4 is 10.7 Å². The maximum atomic E-state index is 13.6. The highest BCUT2D eigenvalue weighted by Crippen LogP contribution is 2.20. The summed E-state index contributed by atoms with van der Waals surface area (Å²) in [4.78, 5) is 36.4. The zero-order chi connectivity index (χ0) is 20.4. The monoisotopic (exact) mass is 407 g/mol. The smallest absolute Gasteiger partial charge is 0.375 e. The molecule has 0 saturated carbocycles. The van der Waals surface area contributed by atoms with E-state index in [0.29, 0.717) is 5.02 Å². The second-order valence-electron chi connectivity index (χ2n) is 5.75. The summed E-state index contributed by atoms with van der Waals surface area (Å²) >= 11 is 5.82. The van der Waals surface area contributed by atoms with Crippen LogP contribution in [0, 0.1) is 11.6 Å². The van der Waals surface area contributed by atoms with Gasteiger partial charge >= 0.3 is 5.97 Å². The largest absolute Gasteiger partial charge is 0.449 e. The van der Waals surface area contributed by atoms with E-state index in [1.165, 1.54) is 25.1 Å². The van der Waals surface area contributed by atoms with Gasteiger partial charge in [0.2, 0.25) is 5.76 Å². The minimum absolute atomic E-state index is 0.106. The number of carbonyl (C=O) groups is 2. The van der Waals surface area contributed by atoms with E-state index in [1.807, 2.05) is 5.32 Å². The second-order valence-corrected chi connectivity index (χ2v) is 6.19. The molecule has 0 aliphatic carbocycles. The van der Waals surface area contributed by atoms with Gasteiger partial charge in [0.1, 0.15) is 22.9 Å². The molecule has 0 fully saturated rings. The third-order valence-electron chi connectivity index (χ3n) is 3.75. The second kappa shape index (κ2) is 7.77. The molecule has 0 saturated heterocycles. The minimum atomic E-state index is -1.42. The predicted molar refractivity (Wildman–Crippen MR) is 97.4 cm³/mol. The predicted octanol–water partition coefficient (Wildman–Crippen LogP) is 3.91. The molecule has 6 nitrogen and oxygen atoms in total. The van der Waals surface area contributed by atoms with Crippen LogP contribution in [0.5, 0.6) is 0 Å². The summed E-state index contributed by atoms with van der Waals surface area (Å²) in [5, 5.41) is 2.50. The molecule has 3 rings (SSSR count). The van der Waals surface area contributed by atoms with Crippen LogP contribution in [0.2, 0.25) is 5.02 Å². The molecule has 0 radical (unpaired) electrons. The molecule has 1 aromatic heterocycles. The summed E-state index contributed by atoms with van der Waals surface area (Å²) in [7, 11) is 0. The first kappa shape index (κ1) is 19.5. The lowest BCUT2D eigenvalue weighted by Gasteiger charge is -2.14. The Balaban J connectivity index is 1.77. The average molecular weight is 408 g/mol. The first-order valence-corrected chi connectivity index (χ1v) is 8.33. The minimum Gasteiger partial charge on any atom is -0.449 e. The Labute approximate surface area is 161 Å². The highest BCUT2D eigenvalue weighted by atomic mass is 35.5. The van der Waals surface area contributed by atoms with E-state index < -0.39 is 46.5 Å². The molecule has 1 atom stereocenters. The standard InChI is InChI=1S/C19H12ClF2NO5/c1-9(18(25)23-17-12(21)3-2-4-13(17)22)27-19(26)16-8-14(24)11-7-10(20)5-6-15(11)28-16/h2-9H,1H3,(H,23,25)/t9-/m1/s1. The average Bonchev–Trinajstić information content (AvgIpc) is 2.65. The lowest BCUT2D eigenvalue weighted by Crippen LogP contribution is -2.30. The highest BCUT2D eigenvalue weighted by Gasteiger charge is 2.23. The van der Waals surface area contributed by atoms with E-state index in [9.17, 15) is 23.2 Å². The Bertz CT molecular complexity index is 1120. The fourth-order valence-corrected chi connectivity index (χ4v) is 2.52. The van der Waals surface area contributed by atoms with Gasteiger partial charge < -0.3 is 14.5 Å². The zero-order valence-corrected chi connectivity index (χ0v) is 15.0. The topological polar surface area (TPSA) is 85.6 Å². The van der Waals surface area contributed by atoms with Gasteiger partial charge in [-0.05, 0) is 37.3 Å². The molecule has 144 valence electrons. The number of rotatable bonds is 4. The van der Waals surface area contributed by atoms with Gasteiger partial charge in [-0.25, -0.2) is 13.6 Å². The summed E-state index contributed by atoms with van der Waals surface area (Å²) in [6, 6.07) is 8.24. The van der Waals surface area contributed by atoms with Crippen molar-refractivity contribution in [1.82, 2.24) is 0 Å². The van der Waals surface area contributed by atoms with Gasteiger partial charge in [-0.3, -0.25) is 9.59 Å². The maximum Gasteiger partial charge on any atom is 0.375 e. The Morgan fingerprint density at radius 3 is 2.50 bits per heavy atom. The number of hydrogen-bond acceptors (Lipinski definition) is 5. The fourth-order valence-electron chi connectivity index (χ4n) is 2.34. The van der Waals surface area contributed by atoms with Crippen molar-refractivity contribution in [1.29, 1.82) is 0 Å². The van der Waals surface area contributed by atoms with Crippen LogP contribution in [0.15, 0.2) is 51.7 Å². The van der Waals surface area contributed by atoms with Crippen molar-refractivity contribution in [2.75, 3.05) is 5.32 Å². The van der Waals surface area contributed by atoms with Gasteiger partial charge in [-0.1, -0.05) is 17.7 Å². The van der Waals surface area contributed by atoms with E-state index in [4.69, 9.17) is 20.8 Å². The number of halogens is 3. The first-order valence-electron chi connectivity index (χ1n) is 7.95. The SMILES string of the molecule is C[C@@H](OC(=O)c1cc(=O)c2cc(Cl)ccc2o1)C(=O)Nc1c(F)cccc1F. The molecule has 28 heavy (non-hydrogen) atoms. The quantitative estimate of drug-likeness (QED) is 0.663. The molecule has 0 aliphatic heterocycles. The molecule has 1 heterocycles. The molecule has 1 N–H and O–H groups in total. The third kappa shape index (κ3) is 4.01. The number of anilines is 1. The maximum absolute atomic E-state index is 13.6. The van der Waals surface area contributed by atoms with Crippen molar-refractivity contribution >= 4 is 40.1 Å². The third-order valence-corrected chi connectivity index (χ3v) is 3.99. The lowest BCUT2D eigenvalue weighted by molar-refractivity contribution is -0.123. The number of esters is 1. The summed E-state index contributed by atoms with van der Waals surface area (Å²) < 4.78 is 37.4. The number of ether oxygens (including phenoxy) is 1. The van der Waals surface area contributed by atoms with Crippen molar-refractivity contribution in [2.45, 2.75) is 13.0 Å². The van der Waals surface area contributed by atoms with Gasteiger partial charge in [0.15, 0.2) is 11.5 Å². The Morgan fingerprint density at radius 1 is 1.14 bits per heavy atom. The van der Waals surface area contributed by atoms with E-state index in [1.54, 1.807) is 0 Å². The molecule has 0 bridgehead atoms. The Kier molecular flexibility index (Phi) is 5.41. The molecule has 2 aromatic carbocycles. The normalized spacial score (nSPS) is 11.9. The molecule has 0 spiro atoms. The molecule has 9 heteroatoms. The molecule has 3 aromatic rings. The van der Waals surface area contributed by atoms with Crippen LogP contribution in [0.3, 0.4) is 0 Å². The van der Waals surface area contributed by atoms with E-state index in [-0.39, 0.29) is 11.0 Å². The van der Waals surface area contributed by atoms with Crippen molar-refractivity contribution in [3.63, 3.8) is 0 Å². The van der Waals surface area contributed by atoms with Crippen molar-refractivity contribution < 1.29 is 27.5 Å². The summed E-state index contributed by atoms with van der Waals surface area (Å²) in [5.74, 6) is -4.45. The number of hydrogen-bond donors (Lipinski definition) is 1. The number of benzene rings is 2. The summed E-state index contributed by atoms with van der Waals surface area (Å²) in [6.45, 7) is 1.20. The Morgan fingerprint density at radius 2 is 1.82 bits per heavy atom. The number of nitrogens with one attached hydrogen (secondary N) is 1. The van der Waals surface area contributed by atoms with E-state index in [2.05, 4.69) is 0 Å². The van der Waals surface area contributed by atoms with Gasteiger partial charge in [0.25, 0.3) is 5.91 Å². The van der Waals surface area contributed by atoms with Gasteiger partial charge in [0, 0.05) is 11.1 Å². The molecular formula is C19H12ClF2NO5. The lowest BCUT2D eigenvalue weighted by atomic mass is 10.2. The van der Waals surface area contributed by atoms with Gasteiger partial charge in [0.05, 0.1) is 5.39 Å². The van der Waals surface area contributed by atoms with E-state index >= 15 is 0 Å². The van der Waals surface area contributed by atoms with Gasteiger partial charge in [-0.15, -0.1) is 0 Å². The molecular weight excluding hydrogens is 396 g/mol. The van der Waals surface area contributed by atoms with Crippen LogP contribution in [-0.4, -0.2) is 18.0 Å². The number of carbonyl (C=O) groups excluding carboxylic acids is 2. The van der Waals surface area contributed by atoms with E-state index in [0.717, 1.165) is 24.3 Å². The first-order chi connectivity index (χ1) is 13.3. The van der Waals surface area contributed by atoms with Crippen LogP contribution in [0.1, 0.15) is 17.5 Å². The van der Waals surface area contributed by atoms with Crippen LogP contribution >= 0.6 is 11.6 Å². The van der Waals surface area contributed by atoms with Crippen LogP contribution in [-0.2, 0) is 9.53 Å². The van der Waals surface area contributed by atoms with Crippen molar-refractivity contribution in [3.8, 4) is 0 Å². The number of para-hydroxylation sites is 1. The highest BCUT2D eigenvalue weighted by molar-refractivity contribution is 6.31. The summed E-state index contributed by atoms with van der Waals surface area (Å²) in [6.07, 6.45) is -1.42. The Hall–Kier alpha value is -3.26. The molecule has 1 amide bonds. The number of fused-ring (bicyclic) bond motifs is 1. The fraction of sp³-hybridized carbons (Fsp3) is 0.105. The number of amides is 1. The van der Waals surface area contributed by atoms with Crippen molar-refractivity contribution in [2.24, 2.45) is 0 Å². The molecule has 0 unspecified atom stereocenters. The van der Waals surface area contributed by atoms with Gasteiger partial charge in [-0.2, -0.15) is 0 Å².